The molecule has 0 saturated carbocycles. The van der Waals surface area contributed by atoms with Gasteiger partial charge in [-0.3, -0.25) is 4.79 Å². The highest BCUT2D eigenvalue weighted by Crippen LogP contribution is 2.34. The Morgan fingerprint density at radius 1 is 1.26 bits per heavy atom. The van der Waals surface area contributed by atoms with E-state index in [2.05, 4.69) is 5.32 Å². The SMILES string of the molecule is COc1ccc(N[C@@H]([C@@H]2COC(C)(C)O2)[C@H]2C=CC(=O)N2C(=O)OCc2ccccc2)c(SC)c1. The van der Waals surface area contributed by atoms with Crippen molar-refractivity contribution >= 4 is 29.4 Å². The van der Waals surface area contributed by atoms with Crippen molar-refractivity contribution in [2.24, 2.45) is 0 Å². The van der Waals surface area contributed by atoms with Gasteiger partial charge < -0.3 is 24.3 Å². The quantitative estimate of drug-likeness (QED) is 0.534. The maximum atomic E-state index is 13.1. The lowest BCUT2D eigenvalue weighted by molar-refractivity contribution is -0.141. The maximum absolute atomic E-state index is 13.1. The Kier molecular flexibility index (Phi) is 7.69. The minimum atomic E-state index is -0.780. The second-order valence-electron chi connectivity index (χ2n) is 8.70. The van der Waals surface area contributed by atoms with Crippen molar-refractivity contribution in [1.29, 1.82) is 0 Å². The van der Waals surface area contributed by atoms with E-state index in [0.717, 1.165) is 26.8 Å². The van der Waals surface area contributed by atoms with E-state index in [-0.39, 0.29) is 6.61 Å². The molecule has 2 aliphatic heterocycles. The molecule has 2 amide bonds. The fourth-order valence-corrected chi connectivity index (χ4v) is 4.74. The molecule has 9 heteroatoms. The molecule has 1 fully saturated rings. The summed E-state index contributed by atoms with van der Waals surface area (Å²) in [5, 5.41) is 3.52. The van der Waals surface area contributed by atoms with Crippen molar-refractivity contribution in [3.63, 3.8) is 0 Å². The Bertz CT molecular complexity index is 1090. The molecule has 0 aromatic heterocycles. The van der Waals surface area contributed by atoms with Crippen LogP contribution in [0.15, 0.2) is 65.6 Å². The Morgan fingerprint density at radius 3 is 2.69 bits per heavy atom. The van der Waals surface area contributed by atoms with E-state index in [1.54, 1.807) is 24.9 Å². The van der Waals surface area contributed by atoms with Gasteiger partial charge in [0.2, 0.25) is 0 Å². The molecule has 4 rings (SSSR count). The summed E-state index contributed by atoms with van der Waals surface area (Å²) in [6.07, 6.45) is 3.94. The molecule has 186 valence electrons. The molecule has 2 heterocycles. The molecule has 0 aliphatic carbocycles. The lowest BCUT2D eigenvalue weighted by Gasteiger charge is -2.34. The van der Waals surface area contributed by atoms with E-state index in [0.29, 0.717) is 6.61 Å². The molecular formula is C26H30N2O6S. The van der Waals surface area contributed by atoms with Crippen molar-refractivity contribution in [1.82, 2.24) is 4.90 Å². The zero-order valence-corrected chi connectivity index (χ0v) is 21.0. The Labute approximate surface area is 209 Å². The van der Waals surface area contributed by atoms with Gasteiger partial charge in [0.25, 0.3) is 5.91 Å². The van der Waals surface area contributed by atoms with E-state index >= 15 is 0 Å². The van der Waals surface area contributed by atoms with Gasteiger partial charge in [-0.05, 0) is 43.9 Å². The predicted molar refractivity (Wildman–Crippen MR) is 133 cm³/mol. The molecule has 35 heavy (non-hydrogen) atoms. The Balaban J connectivity index is 1.60. The smallest absolute Gasteiger partial charge is 0.417 e. The fourth-order valence-electron chi connectivity index (χ4n) is 4.16. The van der Waals surface area contributed by atoms with Crippen LogP contribution in [0.5, 0.6) is 5.75 Å². The highest BCUT2D eigenvalue weighted by molar-refractivity contribution is 7.98. The summed E-state index contributed by atoms with van der Waals surface area (Å²) in [4.78, 5) is 27.9. The number of imide groups is 1. The number of nitrogens with one attached hydrogen (secondary N) is 1. The third kappa shape index (κ3) is 5.80. The molecule has 0 unspecified atom stereocenters. The molecule has 8 nitrogen and oxygen atoms in total. The van der Waals surface area contributed by atoms with Gasteiger partial charge in [-0.25, -0.2) is 9.69 Å². The first kappa shape index (κ1) is 25.1. The summed E-state index contributed by atoms with van der Waals surface area (Å²) in [7, 11) is 1.62. The normalized spacial score (nSPS) is 21.7. The number of rotatable bonds is 8. The second kappa shape index (κ2) is 10.7. The van der Waals surface area contributed by atoms with Crippen molar-refractivity contribution in [2.45, 2.75) is 49.3 Å². The second-order valence-corrected chi connectivity index (χ2v) is 9.55. The molecule has 2 aliphatic rings. The van der Waals surface area contributed by atoms with Crippen molar-refractivity contribution < 1.29 is 28.5 Å². The summed E-state index contributed by atoms with van der Waals surface area (Å²) < 4.78 is 22.8. The number of anilines is 1. The first-order valence-electron chi connectivity index (χ1n) is 11.3. The van der Waals surface area contributed by atoms with Gasteiger partial charge in [-0.2, -0.15) is 0 Å². The molecule has 2 aromatic rings. The lowest BCUT2D eigenvalue weighted by atomic mass is 10.0. The number of nitrogens with zero attached hydrogens (tertiary/aromatic N) is 1. The average molecular weight is 499 g/mol. The Morgan fingerprint density at radius 2 is 2.03 bits per heavy atom. The van der Waals surface area contributed by atoms with Crippen LogP contribution in [0, 0.1) is 0 Å². The van der Waals surface area contributed by atoms with E-state index < -0.39 is 36.0 Å². The largest absolute Gasteiger partial charge is 0.497 e. The molecule has 2 aromatic carbocycles. The highest BCUT2D eigenvalue weighted by Gasteiger charge is 2.46. The third-order valence-electron chi connectivity index (χ3n) is 5.90. The van der Waals surface area contributed by atoms with Gasteiger partial charge in [0, 0.05) is 16.7 Å². The van der Waals surface area contributed by atoms with Gasteiger partial charge in [0.05, 0.1) is 25.8 Å². The minimum Gasteiger partial charge on any atom is -0.497 e. The van der Waals surface area contributed by atoms with Gasteiger partial charge in [0.15, 0.2) is 5.79 Å². The van der Waals surface area contributed by atoms with Crippen molar-refractivity contribution in [3.05, 3.63) is 66.2 Å². The summed E-state index contributed by atoms with van der Waals surface area (Å²) in [6.45, 7) is 4.05. The fraction of sp³-hybridized carbons (Fsp3) is 0.385. The van der Waals surface area contributed by atoms with Crippen LogP contribution in [0.3, 0.4) is 0 Å². The van der Waals surface area contributed by atoms with Crippen LogP contribution in [-0.4, -0.2) is 60.8 Å². The lowest BCUT2D eigenvalue weighted by Crippen LogP contribution is -2.54. The maximum Gasteiger partial charge on any atom is 0.417 e. The number of benzene rings is 2. The number of hydrogen-bond donors (Lipinski definition) is 1. The van der Waals surface area contributed by atoms with Crippen LogP contribution in [0.1, 0.15) is 19.4 Å². The van der Waals surface area contributed by atoms with Gasteiger partial charge >= 0.3 is 6.09 Å². The van der Waals surface area contributed by atoms with Crippen molar-refractivity contribution in [2.75, 3.05) is 25.3 Å². The summed E-state index contributed by atoms with van der Waals surface area (Å²) >= 11 is 1.56. The monoisotopic (exact) mass is 498 g/mol. The zero-order valence-electron chi connectivity index (χ0n) is 20.2. The highest BCUT2D eigenvalue weighted by atomic mass is 32.2. The number of methoxy groups -OCH3 is 1. The first-order chi connectivity index (χ1) is 16.8. The van der Waals surface area contributed by atoms with E-state index in [4.69, 9.17) is 18.9 Å². The molecule has 0 spiro atoms. The van der Waals surface area contributed by atoms with Crippen LogP contribution >= 0.6 is 11.8 Å². The third-order valence-corrected chi connectivity index (χ3v) is 6.68. The molecule has 3 atom stereocenters. The van der Waals surface area contributed by atoms with Gasteiger partial charge in [0.1, 0.15) is 18.5 Å². The number of thioether (sulfide) groups is 1. The number of carbonyl (C=O) groups excluding carboxylic acids is 2. The summed E-state index contributed by atoms with van der Waals surface area (Å²) in [5.41, 5.74) is 1.67. The topological polar surface area (TPSA) is 86.3 Å². The average Bonchev–Trinajstić information content (AvgIpc) is 3.43. The van der Waals surface area contributed by atoms with Crippen molar-refractivity contribution in [3.8, 4) is 5.75 Å². The number of carbonyl (C=O) groups is 2. The van der Waals surface area contributed by atoms with Crippen LogP contribution in [0.25, 0.3) is 0 Å². The number of hydrogen-bond acceptors (Lipinski definition) is 8. The molecule has 0 bridgehead atoms. The molecule has 0 radical (unpaired) electrons. The van der Waals surface area contributed by atoms with E-state index in [9.17, 15) is 9.59 Å². The molecular weight excluding hydrogens is 468 g/mol. The van der Waals surface area contributed by atoms with Crippen LogP contribution in [0.2, 0.25) is 0 Å². The minimum absolute atomic E-state index is 0.0689. The number of amides is 2. The molecule has 1 saturated heterocycles. The standard InChI is InChI=1S/C26H30N2O6S/c1-26(2)33-16-21(34-26)24(27-19-11-10-18(31-3)14-22(19)35-4)20-12-13-23(29)28(20)25(30)32-15-17-8-6-5-7-9-17/h5-14,20-21,24,27H,15-16H2,1-4H3/t20-,21+,24-/m1/s1. The first-order valence-corrected chi connectivity index (χ1v) is 12.6. The van der Waals surface area contributed by atoms with E-state index in [1.165, 1.54) is 6.08 Å². The van der Waals surface area contributed by atoms with Crippen LogP contribution in [0.4, 0.5) is 10.5 Å². The van der Waals surface area contributed by atoms with Crippen LogP contribution in [-0.2, 0) is 25.6 Å². The summed E-state index contributed by atoms with van der Waals surface area (Å²) in [5.74, 6) is -0.476. The van der Waals surface area contributed by atoms with Crippen LogP contribution < -0.4 is 10.1 Å². The zero-order chi connectivity index (χ0) is 25.0. The predicted octanol–water partition coefficient (Wildman–Crippen LogP) is 4.45. The van der Waals surface area contributed by atoms with Gasteiger partial charge in [-0.15, -0.1) is 11.8 Å². The number of ether oxygens (including phenoxy) is 4. The van der Waals surface area contributed by atoms with E-state index in [1.807, 2.05) is 68.6 Å². The molecule has 1 N–H and O–H groups in total. The Hall–Kier alpha value is -3.01. The van der Waals surface area contributed by atoms with Gasteiger partial charge in [-0.1, -0.05) is 36.4 Å². The summed E-state index contributed by atoms with van der Waals surface area (Å²) in [6, 6.07) is 13.9.